The van der Waals surface area contributed by atoms with Crippen LogP contribution in [0.2, 0.25) is 5.02 Å². The first-order valence-corrected chi connectivity index (χ1v) is 6.47. The van der Waals surface area contributed by atoms with Crippen LogP contribution in [0.15, 0.2) is 12.1 Å². The average Bonchev–Trinajstić information content (AvgIpc) is 2.82. The Labute approximate surface area is 112 Å². The molecule has 1 aliphatic carbocycles. The van der Waals surface area contributed by atoms with Crippen molar-refractivity contribution in [1.29, 1.82) is 0 Å². The van der Waals surface area contributed by atoms with Crippen LogP contribution in [0.4, 0.5) is 0 Å². The number of ether oxygens (including phenoxy) is 1. The summed E-state index contributed by atoms with van der Waals surface area (Å²) in [5.41, 5.74) is 0.894. The van der Waals surface area contributed by atoms with Crippen molar-refractivity contribution in [2.24, 2.45) is 0 Å². The molecule has 1 aromatic rings. The van der Waals surface area contributed by atoms with Gasteiger partial charge in [0, 0.05) is 5.02 Å². The van der Waals surface area contributed by atoms with Crippen molar-refractivity contribution in [1.82, 2.24) is 0 Å². The summed E-state index contributed by atoms with van der Waals surface area (Å²) in [7, 11) is 1.57. The van der Waals surface area contributed by atoms with Crippen molar-refractivity contribution in [2.75, 3.05) is 7.11 Å². The molecule has 0 bridgehead atoms. The summed E-state index contributed by atoms with van der Waals surface area (Å²) < 4.78 is 5.27. The number of carboxylic acids is 1. The highest BCUT2D eigenvalue weighted by atomic mass is 35.5. The van der Waals surface area contributed by atoms with Gasteiger partial charge in [-0.05, 0) is 43.0 Å². The minimum Gasteiger partial charge on any atom is -0.496 e. The summed E-state index contributed by atoms with van der Waals surface area (Å²) in [4.78, 5) is 11.7. The average molecular weight is 269 g/mol. The molecular formula is C14H17ClO3. The molecule has 0 atom stereocenters. The van der Waals surface area contributed by atoms with Crippen molar-refractivity contribution < 1.29 is 14.6 Å². The molecule has 1 aromatic carbocycles. The standard InChI is InChI=1S/C14H17ClO3/c1-9-11(7-10(15)8-12(9)18-2)14(13(16)17)5-3-4-6-14/h7-8H,3-6H2,1-2H3,(H,16,17). The SMILES string of the molecule is COc1cc(Cl)cc(C2(C(=O)O)CCCC2)c1C. The van der Waals surface area contributed by atoms with Gasteiger partial charge in [-0.3, -0.25) is 4.79 Å². The number of carboxylic acid groups (broad SMARTS) is 1. The molecule has 0 aliphatic heterocycles. The first-order chi connectivity index (χ1) is 8.51. The van der Waals surface area contributed by atoms with E-state index in [1.807, 2.05) is 6.92 Å². The van der Waals surface area contributed by atoms with Crippen LogP contribution < -0.4 is 4.74 Å². The van der Waals surface area contributed by atoms with Crippen LogP contribution in [-0.2, 0) is 10.2 Å². The van der Waals surface area contributed by atoms with Gasteiger partial charge in [0.1, 0.15) is 5.75 Å². The molecule has 0 heterocycles. The summed E-state index contributed by atoms with van der Waals surface area (Å²) in [5.74, 6) is -0.0996. The fourth-order valence-corrected chi connectivity index (χ4v) is 3.15. The van der Waals surface area contributed by atoms with Crippen molar-refractivity contribution in [3.05, 3.63) is 28.3 Å². The molecule has 0 aromatic heterocycles. The maximum Gasteiger partial charge on any atom is 0.314 e. The van der Waals surface area contributed by atoms with E-state index in [4.69, 9.17) is 16.3 Å². The maximum atomic E-state index is 11.7. The Hall–Kier alpha value is -1.22. The number of carbonyl (C=O) groups is 1. The third-order valence-corrected chi connectivity index (χ3v) is 4.15. The molecule has 0 unspecified atom stereocenters. The van der Waals surface area contributed by atoms with E-state index in [9.17, 15) is 9.90 Å². The number of hydrogen-bond acceptors (Lipinski definition) is 2. The number of methoxy groups -OCH3 is 1. The van der Waals surface area contributed by atoms with Gasteiger partial charge in [-0.25, -0.2) is 0 Å². The Bertz CT molecular complexity index is 476. The van der Waals surface area contributed by atoms with Gasteiger partial charge in [0.05, 0.1) is 12.5 Å². The number of aliphatic carboxylic acids is 1. The smallest absolute Gasteiger partial charge is 0.314 e. The third-order valence-electron chi connectivity index (χ3n) is 3.93. The highest BCUT2D eigenvalue weighted by molar-refractivity contribution is 6.30. The van der Waals surface area contributed by atoms with E-state index >= 15 is 0 Å². The first-order valence-electron chi connectivity index (χ1n) is 6.09. The molecule has 1 fully saturated rings. The lowest BCUT2D eigenvalue weighted by Gasteiger charge is -2.27. The lowest BCUT2D eigenvalue weighted by atomic mass is 9.77. The Kier molecular flexibility index (Phi) is 3.53. The van der Waals surface area contributed by atoms with Crippen LogP contribution in [0.1, 0.15) is 36.8 Å². The molecule has 1 saturated carbocycles. The second-order valence-corrected chi connectivity index (χ2v) is 5.31. The highest BCUT2D eigenvalue weighted by Crippen LogP contribution is 2.45. The zero-order valence-corrected chi connectivity index (χ0v) is 11.4. The predicted molar refractivity (Wildman–Crippen MR) is 70.5 cm³/mol. The molecule has 1 N–H and O–H groups in total. The monoisotopic (exact) mass is 268 g/mol. The number of rotatable bonds is 3. The highest BCUT2D eigenvalue weighted by Gasteiger charge is 2.44. The van der Waals surface area contributed by atoms with Gasteiger partial charge in [-0.15, -0.1) is 0 Å². The summed E-state index contributed by atoms with van der Waals surface area (Å²) in [6, 6.07) is 3.50. The van der Waals surface area contributed by atoms with Crippen LogP contribution in [0.3, 0.4) is 0 Å². The van der Waals surface area contributed by atoms with Crippen LogP contribution in [0.25, 0.3) is 0 Å². The number of hydrogen-bond donors (Lipinski definition) is 1. The van der Waals surface area contributed by atoms with E-state index in [-0.39, 0.29) is 0 Å². The van der Waals surface area contributed by atoms with Crippen molar-refractivity contribution >= 4 is 17.6 Å². The van der Waals surface area contributed by atoms with Gasteiger partial charge in [0.25, 0.3) is 0 Å². The normalized spacial score (nSPS) is 17.7. The second kappa shape index (κ2) is 4.81. The molecule has 1 aliphatic rings. The van der Waals surface area contributed by atoms with Gasteiger partial charge in [0.2, 0.25) is 0 Å². The Morgan fingerprint density at radius 2 is 2.00 bits per heavy atom. The molecule has 98 valence electrons. The van der Waals surface area contributed by atoms with Crippen LogP contribution in [-0.4, -0.2) is 18.2 Å². The van der Waals surface area contributed by atoms with Gasteiger partial charge >= 0.3 is 5.97 Å². The van der Waals surface area contributed by atoms with E-state index in [0.29, 0.717) is 23.6 Å². The van der Waals surface area contributed by atoms with Gasteiger partial charge in [0.15, 0.2) is 0 Å². The third kappa shape index (κ3) is 1.97. The van der Waals surface area contributed by atoms with Crippen molar-refractivity contribution in [2.45, 2.75) is 38.0 Å². The van der Waals surface area contributed by atoms with E-state index in [1.165, 1.54) is 0 Å². The Balaban J connectivity index is 2.61. The summed E-state index contributed by atoms with van der Waals surface area (Å²) in [5, 5.41) is 10.1. The zero-order valence-electron chi connectivity index (χ0n) is 10.6. The van der Waals surface area contributed by atoms with Gasteiger partial charge in [-0.1, -0.05) is 24.4 Å². The van der Waals surface area contributed by atoms with Gasteiger partial charge in [-0.2, -0.15) is 0 Å². The topological polar surface area (TPSA) is 46.5 Å². The molecule has 0 radical (unpaired) electrons. The van der Waals surface area contributed by atoms with E-state index in [1.54, 1.807) is 19.2 Å². The number of benzene rings is 1. The largest absolute Gasteiger partial charge is 0.496 e. The van der Waals surface area contributed by atoms with Crippen molar-refractivity contribution in [3.63, 3.8) is 0 Å². The molecule has 0 amide bonds. The van der Waals surface area contributed by atoms with Crippen LogP contribution in [0, 0.1) is 6.92 Å². The van der Waals surface area contributed by atoms with E-state index < -0.39 is 11.4 Å². The van der Waals surface area contributed by atoms with Crippen molar-refractivity contribution in [3.8, 4) is 5.75 Å². The fraction of sp³-hybridized carbons (Fsp3) is 0.500. The van der Waals surface area contributed by atoms with E-state index in [0.717, 1.165) is 24.0 Å². The molecule has 18 heavy (non-hydrogen) atoms. The molecule has 2 rings (SSSR count). The number of halogens is 1. The first kappa shape index (κ1) is 13.2. The minimum atomic E-state index is -0.789. The summed E-state index contributed by atoms with van der Waals surface area (Å²) in [6.07, 6.45) is 3.24. The Morgan fingerprint density at radius 3 is 2.50 bits per heavy atom. The maximum absolute atomic E-state index is 11.7. The quantitative estimate of drug-likeness (QED) is 0.912. The lowest BCUT2D eigenvalue weighted by Crippen LogP contribution is -2.33. The second-order valence-electron chi connectivity index (χ2n) is 4.87. The zero-order chi connectivity index (χ0) is 13.3. The minimum absolute atomic E-state index is 0.528. The summed E-state index contributed by atoms with van der Waals surface area (Å²) >= 11 is 6.07. The van der Waals surface area contributed by atoms with Gasteiger partial charge < -0.3 is 9.84 Å². The molecule has 4 heteroatoms. The fourth-order valence-electron chi connectivity index (χ4n) is 2.94. The Morgan fingerprint density at radius 1 is 1.39 bits per heavy atom. The van der Waals surface area contributed by atoms with E-state index in [2.05, 4.69) is 0 Å². The summed E-state index contributed by atoms with van der Waals surface area (Å²) in [6.45, 7) is 1.90. The molecule has 0 saturated heterocycles. The van der Waals surface area contributed by atoms with Crippen LogP contribution in [0.5, 0.6) is 5.75 Å². The molecule has 3 nitrogen and oxygen atoms in total. The molecule has 0 spiro atoms. The lowest BCUT2D eigenvalue weighted by molar-refractivity contribution is -0.143. The predicted octanol–water partition coefficient (Wildman–Crippen LogP) is 3.55. The molecular weight excluding hydrogens is 252 g/mol. The van der Waals surface area contributed by atoms with Crippen LogP contribution >= 0.6 is 11.6 Å².